The van der Waals surface area contributed by atoms with Crippen molar-refractivity contribution in [1.29, 1.82) is 0 Å². The minimum Gasteiger partial charge on any atom is -0.398 e. The Morgan fingerprint density at radius 2 is 2.15 bits per heavy atom. The van der Waals surface area contributed by atoms with Crippen molar-refractivity contribution in [2.45, 2.75) is 18.4 Å². The first-order valence-electron chi connectivity index (χ1n) is 5.68. The highest BCUT2D eigenvalue weighted by atomic mass is 35.5. The summed E-state index contributed by atoms with van der Waals surface area (Å²) < 4.78 is 26.2. The third-order valence-corrected chi connectivity index (χ3v) is 5.04. The second-order valence-corrected chi connectivity index (χ2v) is 6.76. The van der Waals surface area contributed by atoms with Gasteiger partial charge in [-0.3, -0.25) is 5.10 Å². The molecule has 1 heterocycles. The van der Waals surface area contributed by atoms with E-state index >= 15 is 0 Å². The minimum absolute atomic E-state index is 0.0776. The van der Waals surface area contributed by atoms with Gasteiger partial charge in [-0.15, -0.1) is 0 Å². The second kappa shape index (κ2) is 5.39. The molecule has 0 saturated heterocycles. The quantitative estimate of drug-likeness (QED) is 0.824. The van der Waals surface area contributed by atoms with Crippen molar-refractivity contribution in [2.75, 3.05) is 12.8 Å². The maximum absolute atomic E-state index is 12.5. The molecule has 0 atom stereocenters. The average Bonchev–Trinajstić information content (AvgIpc) is 2.86. The number of H-pyrrole nitrogens is 1. The zero-order chi connectivity index (χ0) is 14.9. The Balaban J connectivity index is 2.40. The molecule has 0 amide bonds. The lowest BCUT2D eigenvalue weighted by Crippen LogP contribution is -2.27. The summed E-state index contributed by atoms with van der Waals surface area (Å²) in [7, 11) is -2.26. The van der Waals surface area contributed by atoms with Crippen molar-refractivity contribution in [2.24, 2.45) is 0 Å². The van der Waals surface area contributed by atoms with Crippen molar-refractivity contribution in [1.82, 2.24) is 19.5 Å². The molecular weight excluding hydrogens is 302 g/mol. The number of nitrogens with zero attached hydrogens (tertiary/aromatic N) is 3. The molecule has 1 aromatic heterocycles. The van der Waals surface area contributed by atoms with E-state index < -0.39 is 10.0 Å². The highest BCUT2D eigenvalue weighted by molar-refractivity contribution is 7.89. The van der Waals surface area contributed by atoms with E-state index in [1.165, 1.54) is 25.5 Å². The third-order valence-electron chi connectivity index (χ3n) is 2.89. The van der Waals surface area contributed by atoms with Gasteiger partial charge in [0.2, 0.25) is 10.0 Å². The van der Waals surface area contributed by atoms with E-state index in [1.54, 1.807) is 6.92 Å². The van der Waals surface area contributed by atoms with Crippen LogP contribution in [0.1, 0.15) is 11.4 Å². The van der Waals surface area contributed by atoms with Crippen molar-refractivity contribution < 1.29 is 8.42 Å². The molecule has 9 heteroatoms. The van der Waals surface area contributed by atoms with E-state index in [1.807, 2.05) is 0 Å². The fraction of sp³-hybridized carbons (Fsp3) is 0.273. The van der Waals surface area contributed by atoms with Crippen molar-refractivity contribution in [3.63, 3.8) is 0 Å². The number of nitrogens with one attached hydrogen (secondary N) is 1. The summed E-state index contributed by atoms with van der Waals surface area (Å²) in [5.41, 5.74) is 6.57. The van der Waals surface area contributed by atoms with Gasteiger partial charge in [0.1, 0.15) is 12.2 Å². The summed E-state index contributed by atoms with van der Waals surface area (Å²) in [5, 5.41) is 6.57. The third kappa shape index (κ3) is 2.77. The molecule has 3 N–H and O–H groups in total. The first kappa shape index (κ1) is 14.8. The van der Waals surface area contributed by atoms with E-state index in [0.29, 0.717) is 17.1 Å². The van der Waals surface area contributed by atoms with Gasteiger partial charge in [0.05, 0.1) is 11.4 Å². The molecule has 0 spiro atoms. The molecule has 0 aliphatic heterocycles. The van der Waals surface area contributed by atoms with Gasteiger partial charge >= 0.3 is 0 Å². The van der Waals surface area contributed by atoms with Crippen LogP contribution in [-0.4, -0.2) is 35.0 Å². The number of nitrogens with two attached hydrogens (primary N) is 1. The standard InChI is InChI=1S/C11H14ClN5O2S/c1-7-9(13)3-8(12)4-10(7)20(18,19)17(2)5-11-14-6-15-16-11/h3-4,6H,5,13H2,1-2H3,(H,14,15,16). The van der Waals surface area contributed by atoms with Crippen LogP contribution in [0.5, 0.6) is 0 Å². The summed E-state index contributed by atoms with van der Waals surface area (Å²) in [6.07, 6.45) is 1.32. The lowest BCUT2D eigenvalue weighted by molar-refractivity contribution is 0.457. The molecule has 2 aromatic rings. The largest absolute Gasteiger partial charge is 0.398 e. The summed E-state index contributed by atoms with van der Waals surface area (Å²) in [6, 6.07) is 2.91. The summed E-state index contributed by atoms with van der Waals surface area (Å²) in [6.45, 7) is 1.72. The zero-order valence-electron chi connectivity index (χ0n) is 11.0. The van der Waals surface area contributed by atoms with Crippen LogP contribution in [0.3, 0.4) is 0 Å². The number of benzene rings is 1. The Labute approximate surface area is 121 Å². The number of aromatic amines is 1. The number of aromatic nitrogens is 3. The molecule has 0 aliphatic rings. The van der Waals surface area contributed by atoms with Crippen molar-refractivity contribution in [3.05, 3.63) is 34.9 Å². The maximum Gasteiger partial charge on any atom is 0.243 e. The van der Waals surface area contributed by atoms with Gasteiger partial charge in [-0.1, -0.05) is 11.6 Å². The Morgan fingerprint density at radius 1 is 1.45 bits per heavy atom. The Hall–Kier alpha value is -1.64. The van der Waals surface area contributed by atoms with Gasteiger partial charge in [0.25, 0.3) is 0 Å². The topological polar surface area (TPSA) is 105 Å². The fourth-order valence-electron chi connectivity index (χ4n) is 1.71. The van der Waals surface area contributed by atoms with Crippen molar-refractivity contribution in [3.8, 4) is 0 Å². The van der Waals surface area contributed by atoms with Crippen LogP contribution in [-0.2, 0) is 16.6 Å². The van der Waals surface area contributed by atoms with Gasteiger partial charge in [-0.05, 0) is 24.6 Å². The highest BCUT2D eigenvalue weighted by Crippen LogP contribution is 2.28. The first-order valence-corrected chi connectivity index (χ1v) is 7.50. The van der Waals surface area contributed by atoms with Gasteiger partial charge in [0, 0.05) is 17.8 Å². The highest BCUT2D eigenvalue weighted by Gasteiger charge is 2.25. The number of hydrogen-bond acceptors (Lipinski definition) is 5. The lowest BCUT2D eigenvalue weighted by atomic mass is 10.2. The summed E-state index contributed by atoms with van der Waals surface area (Å²) in [4.78, 5) is 3.98. The van der Waals surface area contributed by atoms with E-state index in [4.69, 9.17) is 17.3 Å². The molecule has 0 saturated carbocycles. The molecule has 2 rings (SSSR count). The fourth-order valence-corrected chi connectivity index (χ4v) is 3.41. The molecule has 0 bridgehead atoms. The van der Waals surface area contributed by atoms with Gasteiger partial charge < -0.3 is 5.73 Å². The predicted molar refractivity (Wildman–Crippen MR) is 75.6 cm³/mol. The van der Waals surface area contributed by atoms with Crippen molar-refractivity contribution >= 4 is 27.3 Å². The van der Waals surface area contributed by atoms with E-state index in [2.05, 4.69) is 15.2 Å². The van der Waals surface area contributed by atoms with Crippen LogP contribution < -0.4 is 5.73 Å². The van der Waals surface area contributed by atoms with Gasteiger partial charge in [0.15, 0.2) is 0 Å². The van der Waals surface area contributed by atoms with Gasteiger partial charge in [-0.25, -0.2) is 13.4 Å². The number of nitrogen functional groups attached to an aromatic ring is 1. The van der Waals surface area contributed by atoms with Crippen LogP contribution in [0, 0.1) is 6.92 Å². The molecule has 7 nitrogen and oxygen atoms in total. The Bertz CT molecular complexity index is 715. The second-order valence-electron chi connectivity index (χ2n) is 4.31. The Kier molecular flexibility index (Phi) is 3.98. The number of sulfonamides is 1. The summed E-state index contributed by atoms with van der Waals surface area (Å²) in [5.74, 6) is 0.448. The lowest BCUT2D eigenvalue weighted by Gasteiger charge is -2.18. The monoisotopic (exact) mass is 315 g/mol. The van der Waals surface area contributed by atoms with Gasteiger partial charge in [-0.2, -0.15) is 9.40 Å². The van der Waals surface area contributed by atoms with Crippen LogP contribution in [0.4, 0.5) is 5.69 Å². The van der Waals surface area contributed by atoms with E-state index in [9.17, 15) is 8.42 Å². The number of anilines is 1. The van der Waals surface area contributed by atoms with E-state index in [-0.39, 0.29) is 16.5 Å². The number of rotatable bonds is 4. The molecule has 0 aliphatic carbocycles. The minimum atomic E-state index is -3.71. The van der Waals surface area contributed by atoms with Crippen LogP contribution in [0.2, 0.25) is 5.02 Å². The Morgan fingerprint density at radius 3 is 2.75 bits per heavy atom. The molecule has 1 aromatic carbocycles. The molecular formula is C11H14ClN5O2S. The molecule has 108 valence electrons. The normalized spacial score (nSPS) is 12.0. The predicted octanol–water partition coefficient (Wildman–Crippen LogP) is 1.17. The van der Waals surface area contributed by atoms with Crippen LogP contribution in [0.15, 0.2) is 23.4 Å². The SMILES string of the molecule is Cc1c(N)cc(Cl)cc1S(=O)(=O)N(C)Cc1ncn[nH]1. The average molecular weight is 316 g/mol. The summed E-state index contributed by atoms with van der Waals surface area (Å²) >= 11 is 5.88. The van der Waals surface area contributed by atoms with E-state index in [0.717, 1.165) is 4.31 Å². The number of hydrogen-bond donors (Lipinski definition) is 2. The molecule has 0 unspecified atom stereocenters. The number of halogens is 1. The molecule has 0 radical (unpaired) electrons. The molecule has 20 heavy (non-hydrogen) atoms. The molecule has 0 fully saturated rings. The smallest absolute Gasteiger partial charge is 0.243 e. The van der Waals surface area contributed by atoms with Crippen LogP contribution >= 0.6 is 11.6 Å². The maximum atomic E-state index is 12.5. The first-order chi connectivity index (χ1) is 9.32. The van der Waals surface area contributed by atoms with Crippen LogP contribution in [0.25, 0.3) is 0 Å². The zero-order valence-corrected chi connectivity index (χ0v) is 12.5.